The molecule has 3 aromatic rings. The van der Waals surface area contributed by atoms with Gasteiger partial charge < -0.3 is 14.8 Å². The number of aromatic amines is 1. The lowest BCUT2D eigenvalue weighted by atomic mass is 9.85. The molecule has 0 spiro atoms. The molecular weight excluding hydrogens is 484 g/mol. The molecule has 194 valence electrons. The fourth-order valence-corrected chi connectivity index (χ4v) is 5.09. The first kappa shape index (κ1) is 25.0. The van der Waals surface area contributed by atoms with Crippen LogP contribution in [0.5, 0.6) is 6.01 Å². The minimum Gasteiger partial charge on any atom is -0.619 e. The number of carbonyl (C=O) groups is 2. The van der Waals surface area contributed by atoms with Gasteiger partial charge in [-0.15, -0.1) is 0 Å². The van der Waals surface area contributed by atoms with Crippen LogP contribution in [0, 0.1) is 16.5 Å². The molecule has 1 aliphatic carbocycles. The van der Waals surface area contributed by atoms with Gasteiger partial charge in [0.25, 0.3) is 5.91 Å². The number of imidazole rings is 1. The Labute approximate surface area is 220 Å². The number of nitrogens with one attached hydrogen (secondary N) is 2. The van der Waals surface area contributed by atoms with Gasteiger partial charge in [-0.2, -0.15) is 9.99 Å². The molecule has 0 bridgehead atoms. The molecule has 1 fully saturated rings. The molecule has 2 aliphatic rings. The van der Waals surface area contributed by atoms with E-state index < -0.39 is 6.09 Å². The first-order chi connectivity index (χ1) is 18.5. The van der Waals surface area contributed by atoms with Crippen LogP contribution in [0.15, 0.2) is 55.0 Å². The van der Waals surface area contributed by atoms with E-state index in [-0.39, 0.29) is 23.5 Å². The van der Waals surface area contributed by atoms with Gasteiger partial charge in [0.15, 0.2) is 12.4 Å². The summed E-state index contributed by atoms with van der Waals surface area (Å²) in [6.45, 7) is 1.21. The van der Waals surface area contributed by atoms with Crippen molar-refractivity contribution in [1.82, 2.24) is 14.9 Å². The summed E-state index contributed by atoms with van der Waals surface area (Å²) in [4.78, 5) is 33.7. The SMILES string of the molecule is N#Cc1cnc(OC(=O)Nc2ccc(C3CCN(C(=O)c4ccc[n+]([O-])c4)CC3)cc2C2=CCCCC2)[nH]1. The second kappa shape index (κ2) is 11.2. The molecule has 10 heteroatoms. The number of carbonyl (C=O) groups excluding carboxylic acids is 2. The highest BCUT2D eigenvalue weighted by Crippen LogP contribution is 2.36. The Morgan fingerprint density at radius 2 is 2.08 bits per heavy atom. The van der Waals surface area contributed by atoms with E-state index in [0.29, 0.717) is 29.1 Å². The summed E-state index contributed by atoms with van der Waals surface area (Å²) in [6.07, 6.45) is 11.3. The molecular formula is C28H28N6O4. The molecule has 2 amide bonds. The van der Waals surface area contributed by atoms with Gasteiger partial charge in [-0.25, -0.2) is 9.78 Å². The van der Waals surface area contributed by atoms with Gasteiger partial charge in [0, 0.05) is 24.7 Å². The largest absolute Gasteiger partial charge is 0.619 e. The van der Waals surface area contributed by atoms with Crippen molar-refractivity contribution in [2.75, 3.05) is 18.4 Å². The summed E-state index contributed by atoms with van der Waals surface area (Å²) >= 11 is 0. The summed E-state index contributed by atoms with van der Waals surface area (Å²) in [5.41, 5.74) is 4.59. The number of nitrogens with zero attached hydrogens (tertiary/aromatic N) is 4. The fourth-order valence-electron chi connectivity index (χ4n) is 5.09. The highest BCUT2D eigenvalue weighted by atomic mass is 16.6. The van der Waals surface area contributed by atoms with Crippen LogP contribution in [-0.4, -0.2) is 40.0 Å². The van der Waals surface area contributed by atoms with Crippen molar-refractivity contribution in [2.45, 2.75) is 44.4 Å². The van der Waals surface area contributed by atoms with Gasteiger partial charge in [-0.3, -0.25) is 15.1 Å². The summed E-state index contributed by atoms with van der Waals surface area (Å²) in [5.74, 6) is 0.147. The van der Waals surface area contributed by atoms with Crippen molar-refractivity contribution in [3.8, 4) is 12.1 Å². The van der Waals surface area contributed by atoms with E-state index in [1.54, 1.807) is 17.0 Å². The lowest BCUT2D eigenvalue weighted by molar-refractivity contribution is -0.605. The molecule has 2 aromatic heterocycles. The topological polar surface area (TPSA) is 138 Å². The molecule has 5 rings (SSSR count). The quantitative estimate of drug-likeness (QED) is 0.381. The lowest BCUT2D eigenvalue weighted by Crippen LogP contribution is -2.39. The minimum atomic E-state index is -0.693. The highest BCUT2D eigenvalue weighted by Gasteiger charge is 2.26. The molecule has 0 radical (unpaired) electrons. The van der Waals surface area contributed by atoms with E-state index in [0.717, 1.165) is 44.1 Å². The molecule has 0 saturated carbocycles. The Morgan fingerprint density at radius 1 is 1.24 bits per heavy atom. The predicted octanol–water partition coefficient (Wildman–Crippen LogP) is 4.50. The Morgan fingerprint density at radius 3 is 2.79 bits per heavy atom. The van der Waals surface area contributed by atoms with Gasteiger partial charge in [0.2, 0.25) is 0 Å². The number of hydrogen-bond donors (Lipinski definition) is 2. The maximum atomic E-state index is 12.8. The zero-order valence-electron chi connectivity index (χ0n) is 20.9. The number of rotatable bonds is 5. The van der Waals surface area contributed by atoms with E-state index >= 15 is 0 Å². The van der Waals surface area contributed by atoms with Gasteiger partial charge in [0.05, 0.1) is 11.9 Å². The highest BCUT2D eigenvalue weighted by molar-refractivity contribution is 5.94. The standard InChI is InChI=1S/C28H28N6O4/c29-16-23-17-30-27(31-23)38-28(36)32-25-9-8-21(15-24(25)20-5-2-1-3-6-20)19-10-13-33(14-11-19)26(35)22-7-4-12-34(37)18-22/h4-5,7-9,12,15,17-19H,1-3,6,10-11,13-14H2,(H,30,31)(H,32,36). The summed E-state index contributed by atoms with van der Waals surface area (Å²) in [7, 11) is 0. The van der Waals surface area contributed by atoms with Crippen LogP contribution in [0.4, 0.5) is 10.5 Å². The van der Waals surface area contributed by atoms with E-state index in [4.69, 9.17) is 10.00 Å². The monoisotopic (exact) mass is 512 g/mol. The van der Waals surface area contributed by atoms with Crippen LogP contribution in [-0.2, 0) is 0 Å². The zero-order chi connectivity index (χ0) is 26.5. The number of allylic oxidation sites excluding steroid dienone is 2. The van der Waals surface area contributed by atoms with Crippen LogP contribution in [0.3, 0.4) is 0 Å². The van der Waals surface area contributed by atoms with Gasteiger partial charge in [0.1, 0.15) is 17.3 Å². The first-order valence-electron chi connectivity index (χ1n) is 12.8. The van der Waals surface area contributed by atoms with Crippen LogP contribution in [0.1, 0.15) is 71.6 Å². The van der Waals surface area contributed by atoms with Gasteiger partial charge in [-0.1, -0.05) is 12.1 Å². The molecule has 1 saturated heterocycles. The number of hydrogen-bond acceptors (Lipinski definition) is 6. The number of likely N-dealkylation sites (tertiary alicyclic amines) is 1. The summed E-state index contributed by atoms with van der Waals surface area (Å²) in [5, 5.41) is 23.3. The van der Waals surface area contributed by atoms with Crippen LogP contribution < -0.4 is 14.8 Å². The third-order valence-electron chi connectivity index (χ3n) is 7.06. The smallest absolute Gasteiger partial charge is 0.419 e. The van der Waals surface area contributed by atoms with E-state index in [1.807, 2.05) is 18.2 Å². The van der Waals surface area contributed by atoms with E-state index in [9.17, 15) is 14.8 Å². The van der Waals surface area contributed by atoms with Gasteiger partial charge in [-0.05, 0) is 73.8 Å². The Kier molecular flexibility index (Phi) is 7.35. The van der Waals surface area contributed by atoms with Crippen molar-refractivity contribution in [3.05, 3.63) is 82.6 Å². The third-order valence-corrected chi connectivity index (χ3v) is 7.06. The zero-order valence-corrected chi connectivity index (χ0v) is 20.9. The average Bonchev–Trinajstić information content (AvgIpc) is 3.41. The number of anilines is 1. The number of H-pyrrole nitrogens is 1. The second-order valence-electron chi connectivity index (χ2n) is 9.53. The summed E-state index contributed by atoms with van der Waals surface area (Å²) < 4.78 is 5.87. The molecule has 1 aromatic carbocycles. The van der Waals surface area contributed by atoms with Gasteiger partial charge >= 0.3 is 12.1 Å². The molecule has 2 N–H and O–H groups in total. The van der Waals surface area contributed by atoms with E-state index in [2.05, 4.69) is 27.4 Å². The lowest BCUT2D eigenvalue weighted by Gasteiger charge is -2.32. The molecule has 10 nitrogen and oxygen atoms in total. The molecule has 0 unspecified atom stereocenters. The number of nitriles is 1. The van der Waals surface area contributed by atoms with Crippen molar-refractivity contribution < 1.29 is 19.1 Å². The average molecular weight is 513 g/mol. The summed E-state index contributed by atoms with van der Waals surface area (Å²) in [6, 6.07) is 11.2. The van der Waals surface area contributed by atoms with Crippen molar-refractivity contribution in [2.24, 2.45) is 0 Å². The fraction of sp³-hybridized carbons (Fsp3) is 0.321. The Bertz CT molecular complexity index is 1410. The number of ether oxygens (including phenoxy) is 1. The number of pyridine rings is 1. The third kappa shape index (κ3) is 5.67. The van der Waals surface area contributed by atoms with Crippen molar-refractivity contribution in [1.29, 1.82) is 5.26 Å². The van der Waals surface area contributed by atoms with Crippen LogP contribution in [0.2, 0.25) is 0 Å². The van der Waals surface area contributed by atoms with Crippen molar-refractivity contribution in [3.63, 3.8) is 0 Å². The van der Waals surface area contributed by atoms with Crippen LogP contribution in [0.25, 0.3) is 5.57 Å². The number of benzene rings is 1. The molecule has 3 heterocycles. The normalized spacial score (nSPS) is 15.9. The minimum absolute atomic E-state index is 0.0454. The Balaban J connectivity index is 1.30. The predicted molar refractivity (Wildman–Crippen MR) is 139 cm³/mol. The van der Waals surface area contributed by atoms with Crippen LogP contribution >= 0.6 is 0 Å². The Hall–Kier alpha value is -4.65. The number of piperidine rings is 1. The number of aromatic nitrogens is 3. The number of amides is 2. The second-order valence-corrected chi connectivity index (χ2v) is 9.53. The van der Waals surface area contributed by atoms with E-state index in [1.165, 1.54) is 29.7 Å². The molecule has 1 aliphatic heterocycles. The maximum absolute atomic E-state index is 12.8. The molecule has 38 heavy (non-hydrogen) atoms. The van der Waals surface area contributed by atoms with Crippen molar-refractivity contribution >= 4 is 23.3 Å². The molecule has 0 atom stereocenters. The maximum Gasteiger partial charge on any atom is 0.419 e. The first-order valence-corrected chi connectivity index (χ1v) is 12.8.